The minimum absolute atomic E-state index is 0.243. The van der Waals surface area contributed by atoms with Crippen LogP contribution in [0.1, 0.15) is 6.42 Å². The Morgan fingerprint density at radius 3 is 2.69 bits per heavy atom. The third-order valence-electron chi connectivity index (χ3n) is 2.30. The van der Waals surface area contributed by atoms with Gasteiger partial charge in [-0.25, -0.2) is 8.42 Å². The van der Waals surface area contributed by atoms with E-state index in [9.17, 15) is 8.42 Å². The lowest BCUT2D eigenvalue weighted by atomic mass is 10.3. The Bertz CT molecular complexity index is 251. The molecular weight excluding hydrogens is 188 g/mol. The van der Waals surface area contributed by atoms with E-state index in [1.54, 1.807) is 0 Å². The lowest BCUT2D eigenvalue weighted by Gasteiger charge is -2.11. The first-order valence-electron chi connectivity index (χ1n) is 4.57. The highest BCUT2D eigenvalue weighted by molar-refractivity contribution is 7.90. The maximum Gasteiger partial charge on any atom is 0.148 e. The fraction of sp³-hybridized carbons (Fsp3) is 1.00. The molecule has 5 heteroatoms. The Kier molecular flexibility index (Phi) is 3.70. The monoisotopic (exact) mass is 206 g/mol. The topological polar surface area (TPSA) is 49.4 Å². The van der Waals surface area contributed by atoms with Crippen LogP contribution in [0.4, 0.5) is 0 Å². The quantitative estimate of drug-likeness (QED) is 0.662. The van der Waals surface area contributed by atoms with Gasteiger partial charge in [-0.15, -0.1) is 0 Å². The molecule has 0 aliphatic carbocycles. The maximum absolute atomic E-state index is 10.8. The highest BCUT2D eigenvalue weighted by atomic mass is 32.2. The van der Waals surface area contributed by atoms with Gasteiger partial charge in [0.1, 0.15) is 9.84 Å². The van der Waals surface area contributed by atoms with Crippen molar-refractivity contribution in [3.8, 4) is 0 Å². The number of nitrogens with one attached hydrogen (secondary N) is 1. The smallest absolute Gasteiger partial charge is 0.148 e. The van der Waals surface area contributed by atoms with Crippen molar-refractivity contribution in [1.82, 2.24) is 10.2 Å². The number of hydrogen-bond acceptors (Lipinski definition) is 4. The molecule has 1 N–H and O–H groups in total. The largest absolute Gasteiger partial charge is 0.312 e. The van der Waals surface area contributed by atoms with Gasteiger partial charge in [-0.05, 0) is 20.0 Å². The summed E-state index contributed by atoms with van der Waals surface area (Å²) in [6.07, 6.45) is 2.40. The molecule has 0 aromatic heterocycles. The number of sulfone groups is 1. The summed E-state index contributed by atoms with van der Waals surface area (Å²) in [7, 11) is -0.724. The van der Waals surface area contributed by atoms with E-state index in [4.69, 9.17) is 0 Å². The van der Waals surface area contributed by atoms with Crippen molar-refractivity contribution >= 4 is 9.84 Å². The van der Waals surface area contributed by atoms with Crippen molar-refractivity contribution in [3.05, 3.63) is 0 Å². The van der Waals surface area contributed by atoms with Gasteiger partial charge in [-0.1, -0.05) is 0 Å². The number of rotatable bonds is 4. The summed E-state index contributed by atoms with van der Waals surface area (Å²) in [6, 6.07) is 0.478. The summed E-state index contributed by atoms with van der Waals surface area (Å²) >= 11 is 0. The van der Waals surface area contributed by atoms with Crippen molar-refractivity contribution < 1.29 is 8.42 Å². The zero-order valence-corrected chi connectivity index (χ0v) is 9.10. The van der Waals surface area contributed by atoms with Crippen LogP contribution in [0.3, 0.4) is 0 Å². The fourth-order valence-corrected chi connectivity index (χ4v) is 2.04. The maximum atomic E-state index is 10.8. The van der Waals surface area contributed by atoms with Crippen molar-refractivity contribution in [2.24, 2.45) is 0 Å². The van der Waals surface area contributed by atoms with Crippen LogP contribution in [-0.4, -0.2) is 58.1 Å². The van der Waals surface area contributed by atoms with Crippen LogP contribution in [0.2, 0.25) is 0 Å². The molecule has 0 aromatic carbocycles. The van der Waals surface area contributed by atoms with Gasteiger partial charge in [0.25, 0.3) is 0 Å². The van der Waals surface area contributed by atoms with E-state index in [2.05, 4.69) is 17.3 Å². The second-order valence-electron chi connectivity index (χ2n) is 3.83. The highest BCUT2D eigenvalue weighted by Gasteiger charge is 2.18. The van der Waals surface area contributed by atoms with E-state index in [0.29, 0.717) is 12.6 Å². The normalized spacial score (nSPS) is 25.2. The molecule has 1 saturated heterocycles. The van der Waals surface area contributed by atoms with E-state index < -0.39 is 9.84 Å². The molecule has 78 valence electrons. The number of likely N-dealkylation sites (N-methyl/N-ethyl adjacent to an activating group) is 1. The minimum atomic E-state index is -2.81. The van der Waals surface area contributed by atoms with Gasteiger partial charge in [0.05, 0.1) is 5.75 Å². The zero-order chi connectivity index (χ0) is 9.90. The molecular formula is C8H18N2O2S. The van der Waals surface area contributed by atoms with Gasteiger partial charge >= 0.3 is 0 Å². The molecule has 1 unspecified atom stereocenters. The predicted molar refractivity (Wildman–Crippen MR) is 53.6 cm³/mol. The zero-order valence-electron chi connectivity index (χ0n) is 8.28. The van der Waals surface area contributed by atoms with Gasteiger partial charge < -0.3 is 10.2 Å². The first kappa shape index (κ1) is 10.9. The molecule has 0 spiro atoms. The van der Waals surface area contributed by atoms with Crippen molar-refractivity contribution in [2.75, 3.05) is 38.7 Å². The van der Waals surface area contributed by atoms with E-state index in [-0.39, 0.29) is 5.75 Å². The first-order valence-corrected chi connectivity index (χ1v) is 6.63. The van der Waals surface area contributed by atoms with Crippen LogP contribution in [0.15, 0.2) is 0 Å². The average molecular weight is 206 g/mol. The Labute approximate surface area is 80.2 Å². The second kappa shape index (κ2) is 4.39. The number of nitrogens with zero attached hydrogens (tertiary/aromatic N) is 1. The first-order chi connectivity index (χ1) is 5.97. The summed E-state index contributed by atoms with van der Waals surface area (Å²) in [5.41, 5.74) is 0. The summed E-state index contributed by atoms with van der Waals surface area (Å²) in [4.78, 5) is 2.25. The Hall–Kier alpha value is -0.130. The predicted octanol–water partition coefficient (Wildman–Crippen LogP) is -0.675. The third kappa shape index (κ3) is 4.59. The summed E-state index contributed by atoms with van der Waals surface area (Å²) in [6.45, 7) is 2.72. The number of likely N-dealkylation sites (tertiary alicyclic amines) is 1. The van der Waals surface area contributed by atoms with Gasteiger partial charge in [-0.3, -0.25) is 0 Å². The summed E-state index contributed by atoms with van der Waals surface area (Å²) < 4.78 is 21.6. The van der Waals surface area contributed by atoms with Crippen molar-refractivity contribution in [1.29, 1.82) is 0 Å². The third-order valence-corrected chi connectivity index (χ3v) is 3.24. The van der Waals surface area contributed by atoms with Gasteiger partial charge in [-0.2, -0.15) is 0 Å². The van der Waals surface area contributed by atoms with Crippen LogP contribution in [0.25, 0.3) is 0 Å². The molecule has 0 saturated carbocycles. The molecule has 1 atom stereocenters. The highest BCUT2D eigenvalue weighted by Crippen LogP contribution is 2.05. The molecule has 0 amide bonds. The average Bonchev–Trinajstić information content (AvgIpc) is 2.33. The molecule has 0 aromatic rings. The standard InChI is InChI=1S/C8H18N2O2S/c1-10-5-3-8(7-10)9-4-6-13(2,11)12/h8-9H,3-7H2,1-2H3. The van der Waals surface area contributed by atoms with E-state index in [0.717, 1.165) is 19.5 Å². The van der Waals surface area contributed by atoms with Gasteiger partial charge in [0.15, 0.2) is 0 Å². The van der Waals surface area contributed by atoms with E-state index >= 15 is 0 Å². The van der Waals surface area contributed by atoms with Crippen LogP contribution in [0, 0.1) is 0 Å². The summed E-state index contributed by atoms with van der Waals surface area (Å²) in [5, 5.41) is 3.25. The van der Waals surface area contributed by atoms with Crippen molar-refractivity contribution in [2.45, 2.75) is 12.5 Å². The molecule has 0 radical (unpaired) electrons. The van der Waals surface area contributed by atoms with Gasteiger partial charge in [0, 0.05) is 25.4 Å². The second-order valence-corrected chi connectivity index (χ2v) is 6.09. The molecule has 0 bridgehead atoms. The van der Waals surface area contributed by atoms with Crippen LogP contribution in [-0.2, 0) is 9.84 Å². The Morgan fingerprint density at radius 2 is 2.23 bits per heavy atom. The molecule has 4 nitrogen and oxygen atoms in total. The molecule has 1 aliphatic heterocycles. The van der Waals surface area contributed by atoms with Crippen molar-refractivity contribution in [3.63, 3.8) is 0 Å². The van der Waals surface area contributed by atoms with Crippen LogP contribution >= 0.6 is 0 Å². The molecule has 1 heterocycles. The van der Waals surface area contributed by atoms with E-state index in [1.807, 2.05) is 0 Å². The Balaban J connectivity index is 2.14. The van der Waals surface area contributed by atoms with Crippen LogP contribution in [0.5, 0.6) is 0 Å². The molecule has 1 aliphatic rings. The van der Waals surface area contributed by atoms with Gasteiger partial charge in [0.2, 0.25) is 0 Å². The van der Waals surface area contributed by atoms with Crippen LogP contribution < -0.4 is 5.32 Å². The minimum Gasteiger partial charge on any atom is -0.312 e. The lowest BCUT2D eigenvalue weighted by Crippen LogP contribution is -2.34. The lowest BCUT2D eigenvalue weighted by molar-refractivity contribution is 0.400. The molecule has 1 fully saturated rings. The Morgan fingerprint density at radius 1 is 1.54 bits per heavy atom. The van der Waals surface area contributed by atoms with E-state index in [1.165, 1.54) is 6.26 Å². The number of hydrogen-bond donors (Lipinski definition) is 1. The SMILES string of the molecule is CN1CCC(NCCS(C)(=O)=O)C1. The fourth-order valence-electron chi connectivity index (χ4n) is 1.55. The summed E-state index contributed by atoms with van der Waals surface area (Å²) in [5.74, 6) is 0.243. The molecule has 1 rings (SSSR count). The molecule has 13 heavy (non-hydrogen) atoms.